The number of nitrogens with zero attached hydrogens (tertiary/aromatic N) is 2. The van der Waals surface area contributed by atoms with Crippen LogP contribution >= 0.6 is 0 Å². The van der Waals surface area contributed by atoms with Crippen LogP contribution in [0.15, 0.2) is 0 Å². The molecular formula is C8H15BF3N2-. The van der Waals surface area contributed by atoms with E-state index < -0.39 is 13.4 Å². The van der Waals surface area contributed by atoms with E-state index in [1.165, 1.54) is 4.90 Å². The summed E-state index contributed by atoms with van der Waals surface area (Å²) in [6.07, 6.45) is -0.710. The van der Waals surface area contributed by atoms with Crippen molar-refractivity contribution in [1.82, 2.24) is 4.90 Å². The molecule has 0 saturated heterocycles. The van der Waals surface area contributed by atoms with Gasteiger partial charge in [0.05, 0.1) is 6.07 Å². The standard InChI is InChI=1S/C8H15BF3N2/c1-8(2)6-14(5-3-4-13)7-9(10,11)12/h8H,3,5-7H2,1-2H3/q-1. The Labute approximate surface area is 82.7 Å². The third kappa shape index (κ3) is 7.93. The predicted octanol–water partition coefficient (Wildman–Crippen LogP) is 2.24. The molecule has 0 aromatic carbocycles. The first kappa shape index (κ1) is 13.3. The molecule has 0 bridgehead atoms. The Morgan fingerprint density at radius 3 is 2.29 bits per heavy atom. The van der Waals surface area contributed by atoms with E-state index in [1.54, 1.807) is 0 Å². The Morgan fingerprint density at radius 1 is 1.36 bits per heavy atom. The highest BCUT2D eigenvalue weighted by Gasteiger charge is 2.26. The van der Waals surface area contributed by atoms with Crippen molar-refractivity contribution < 1.29 is 12.9 Å². The van der Waals surface area contributed by atoms with Crippen LogP contribution in [0.4, 0.5) is 12.9 Å². The average molecular weight is 207 g/mol. The maximum Gasteiger partial charge on any atom is 0.492 e. The van der Waals surface area contributed by atoms with E-state index in [4.69, 9.17) is 5.26 Å². The largest absolute Gasteiger partial charge is 0.492 e. The fourth-order valence-corrected chi connectivity index (χ4v) is 1.27. The minimum absolute atomic E-state index is 0.152. The number of nitriles is 1. The molecule has 0 saturated carbocycles. The van der Waals surface area contributed by atoms with E-state index in [9.17, 15) is 12.9 Å². The molecule has 0 atom stereocenters. The second-order valence-corrected chi connectivity index (χ2v) is 3.77. The maximum absolute atomic E-state index is 12.1. The van der Waals surface area contributed by atoms with E-state index in [1.807, 2.05) is 19.9 Å². The van der Waals surface area contributed by atoms with Gasteiger partial charge in [-0.3, -0.25) is 0 Å². The van der Waals surface area contributed by atoms with Crippen molar-refractivity contribution in [2.24, 2.45) is 5.92 Å². The van der Waals surface area contributed by atoms with Gasteiger partial charge in [0.2, 0.25) is 0 Å². The van der Waals surface area contributed by atoms with Gasteiger partial charge in [0.1, 0.15) is 0 Å². The van der Waals surface area contributed by atoms with Gasteiger partial charge in [0, 0.05) is 13.0 Å². The molecule has 0 fully saturated rings. The van der Waals surface area contributed by atoms with Gasteiger partial charge in [0.25, 0.3) is 0 Å². The molecule has 14 heavy (non-hydrogen) atoms. The van der Waals surface area contributed by atoms with Crippen LogP contribution in [0.5, 0.6) is 0 Å². The molecule has 0 spiro atoms. The summed E-state index contributed by atoms with van der Waals surface area (Å²) in [6, 6.07) is 1.86. The van der Waals surface area contributed by atoms with Crippen molar-refractivity contribution in [3.05, 3.63) is 0 Å². The molecular weight excluding hydrogens is 192 g/mol. The molecule has 0 heterocycles. The SMILES string of the molecule is CC(C)CN(CCC#N)C[B-](F)(F)F. The van der Waals surface area contributed by atoms with E-state index in [0.29, 0.717) is 6.54 Å². The number of hydrogen-bond donors (Lipinski definition) is 0. The van der Waals surface area contributed by atoms with Crippen LogP contribution in [0.2, 0.25) is 0 Å². The molecule has 0 rings (SSSR count). The molecule has 0 unspecified atom stereocenters. The zero-order chi connectivity index (χ0) is 11.2. The highest BCUT2D eigenvalue weighted by atomic mass is 19.4. The lowest BCUT2D eigenvalue weighted by Crippen LogP contribution is -2.40. The molecule has 0 aliphatic carbocycles. The topological polar surface area (TPSA) is 27.0 Å². The molecule has 6 heteroatoms. The first-order valence-corrected chi connectivity index (χ1v) is 4.65. The zero-order valence-corrected chi connectivity index (χ0v) is 8.51. The van der Waals surface area contributed by atoms with Crippen LogP contribution in [0.1, 0.15) is 20.3 Å². The fourth-order valence-electron chi connectivity index (χ4n) is 1.27. The van der Waals surface area contributed by atoms with Crippen molar-refractivity contribution in [3.63, 3.8) is 0 Å². The Morgan fingerprint density at radius 2 is 1.93 bits per heavy atom. The first-order chi connectivity index (χ1) is 6.35. The van der Waals surface area contributed by atoms with Gasteiger partial charge in [-0.25, -0.2) is 0 Å². The Balaban J connectivity index is 4.05. The third-order valence-corrected chi connectivity index (χ3v) is 1.63. The average Bonchev–Trinajstić information content (AvgIpc) is 1.96. The fraction of sp³-hybridized carbons (Fsp3) is 0.875. The Kier molecular flexibility index (Phi) is 5.62. The number of halogens is 3. The summed E-state index contributed by atoms with van der Waals surface area (Å²) in [6.45, 7) is -0.457. The highest BCUT2D eigenvalue weighted by molar-refractivity contribution is 6.58. The van der Waals surface area contributed by atoms with Crippen LogP contribution in [-0.2, 0) is 0 Å². The second-order valence-electron chi connectivity index (χ2n) is 3.77. The normalized spacial score (nSPS) is 12.1. The molecule has 0 radical (unpaired) electrons. The molecule has 0 aliphatic rings. The lowest BCUT2D eigenvalue weighted by Gasteiger charge is -2.28. The minimum atomic E-state index is -4.78. The molecule has 2 nitrogen and oxygen atoms in total. The second kappa shape index (κ2) is 5.92. The van der Waals surface area contributed by atoms with E-state index in [0.717, 1.165) is 0 Å². The molecule has 0 aromatic rings. The summed E-state index contributed by atoms with van der Waals surface area (Å²) in [5.41, 5.74) is 0. The lowest BCUT2D eigenvalue weighted by molar-refractivity contribution is 0.256. The van der Waals surface area contributed by atoms with Crippen molar-refractivity contribution in [1.29, 1.82) is 5.26 Å². The Bertz CT molecular complexity index is 198. The predicted molar refractivity (Wildman–Crippen MR) is 50.6 cm³/mol. The van der Waals surface area contributed by atoms with Crippen LogP contribution < -0.4 is 0 Å². The van der Waals surface area contributed by atoms with E-state index >= 15 is 0 Å². The van der Waals surface area contributed by atoms with E-state index in [2.05, 4.69) is 0 Å². The lowest BCUT2D eigenvalue weighted by atomic mass is 9.90. The molecule has 82 valence electrons. The first-order valence-electron chi connectivity index (χ1n) is 4.65. The molecule has 0 N–H and O–H groups in total. The van der Waals surface area contributed by atoms with Crippen molar-refractivity contribution in [2.45, 2.75) is 20.3 Å². The third-order valence-electron chi connectivity index (χ3n) is 1.63. The van der Waals surface area contributed by atoms with Crippen LogP contribution in [0.25, 0.3) is 0 Å². The van der Waals surface area contributed by atoms with Gasteiger partial charge in [-0.1, -0.05) is 13.8 Å². The quantitative estimate of drug-likeness (QED) is 0.624. The molecule has 0 amide bonds. The monoisotopic (exact) mass is 207 g/mol. The van der Waals surface area contributed by atoms with Gasteiger partial charge in [-0.05, 0) is 18.9 Å². The number of rotatable bonds is 6. The zero-order valence-electron chi connectivity index (χ0n) is 8.51. The smallest absolute Gasteiger partial charge is 0.448 e. The van der Waals surface area contributed by atoms with Crippen molar-refractivity contribution in [2.75, 3.05) is 19.5 Å². The highest BCUT2D eigenvalue weighted by Crippen LogP contribution is 2.12. The number of hydrogen-bond acceptors (Lipinski definition) is 2. The van der Waals surface area contributed by atoms with Crippen LogP contribution in [0.3, 0.4) is 0 Å². The van der Waals surface area contributed by atoms with Crippen molar-refractivity contribution in [3.8, 4) is 6.07 Å². The van der Waals surface area contributed by atoms with Gasteiger partial charge in [0.15, 0.2) is 0 Å². The van der Waals surface area contributed by atoms with Gasteiger partial charge >= 0.3 is 6.98 Å². The van der Waals surface area contributed by atoms with Crippen molar-refractivity contribution >= 4 is 6.98 Å². The molecule has 0 aromatic heterocycles. The summed E-state index contributed by atoms with van der Waals surface area (Å²) in [5.74, 6) is 0.187. The van der Waals surface area contributed by atoms with Crippen LogP contribution in [-0.4, -0.2) is 31.4 Å². The van der Waals surface area contributed by atoms with Gasteiger partial charge < -0.3 is 17.8 Å². The van der Waals surface area contributed by atoms with Gasteiger partial charge in [-0.15, -0.1) is 0 Å². The maximum atomic E-state index is 12.1. The molecule has 0 aliphatic heterocycles. The summed E-state index contributed by atoms with van der Waals surface area (Å²) >= 11 is 0. The van der Waals surface area contributed by atoms with Crippen LogP contribution in [0, 0.1) is 17.2 Å². The summed E-state index contributed by atoms with van der Waals surface area (Å²) < 4.78 is 36.4. The minimum Gasteiger partial charge on any atom is -0.448 e. The van der Waals surface area contributed by atoms with Gasteiger partial charge in [-0.2, -0.15) is 5.26 Å². The van der Waals surface area contributed by atoms with E-state index in [-0.39, 0.29) is 18.9 Å². The summed E-state index contributed by atoms with van der Waals surface area (Å²) in [4.78, 5) is 1.30. The summed E-state index contributed by atoms with van der Waals surface area (Å²) in [7, 11) is 0. The summed E-state index contributed by atoms with van der Waals surface area (Å²) in [5, 5.41) is 8.29. The Hall–Kier alpha value is -0.695.